The molecule has 3 atom stereocenters. The maximum absolute atomic E-state index is 13.1. The number of aliphatic hydroxyl groups is 1. The van der Waals surface area contributed by atoms with Gasteiger partial charge in [-0.05, 0) is 75.9 Å². The highest BCUT2D eigenvalue weighted by atomic mass is 28.3. The Labute approximate surface area is 251 Å². The van der Waals surface area contributed by atoms with Crippen molar-refractivity contribution in [2.75, 3.05) is 13.2 Å². The van der Waals surface area contributed by atoms with Crippen molar-refractivity contribution in [2.45, 2.75) is 90.3 Å². The van der Waals surface area contributed by atoms with Gasteiger partial charge in [-0.25, -0.2) is 9.59 Å². The molecule has 1 N–H and O–H groups in total. The smallest absolute Gasteiger partial charge is 0.338 e. The molecule has 7 nitrogen and oxygen atoms in total. The first-order valence-electron chi connectivity index (χ1n) is 14.6. The summed E-state index contributed by atoms with van der Waals surface area (Å²) in [6, 6.07) is 13.7. The maximum Gasteiger partial charge on any atom is 0.338 e. The number of benzene rings is 2. The van der Waals surface area contributed by atoms with E-state index in [0.29, 0.717) is 30.6 Å². The quantitative estimate of drug-likeness (QED) is 0.153. The van der Waals surface area contributed by atoms with Crippen LogP contribution in [0, 0.1) is 13.8 Å². The minimum atomic E-state index is -1.33. The van der Waals surface area contributed by atoms with Crippen LogP contribution in [0.3, 0.4) is 0 Å². The van der Waals surface area contributed by atoms with E-state index in [1.807, 2.05) is 58.0 Å². The lowest BCUT2D eigenvalue weighted by atomic mass is 9.97. The minimum Gasteiger partial charge on any atom is -0.462 e. The van der Waals surface area contributed by atoms with Gasteiger partial charge in [-0.1, -0.05) is 73.8 Å². The number of carbonyl (C=O) groups is 2. The van der Waals surface area contributed by atoms with Gasteiger partial charge in [0, 0.05) is 14.7 Å². The molecule has 0 spiro atoms. The summed E-state index contributed by atoms with van der Waals surface area (Å²) in [6.07, 6.45) is 6.54. The Bertz CT molecular complexity index is 1260. The predicted molar refractivity (Wildman–Crippen MR) is 168 cm³/mol. The van der Waals surface area contributed by atoms with E-state index in [1.54, 1.807) is 36.4 Å². The van der Waals surface area contributed by atoms with E-state index in [0.717, 1.165) is 22.7 Å². The van der Waals surface area contributed by atoms with Crippen molar-refractivity contribution in [1.82, 2.24) is 0 Å². The van der Waals surface area contributed by atoms with Crippen molar-refractivity contribution in [3.8, 4) is 0 Å². The molecule has 1 heterocycles. The van der Waals surface area contributed by atoms with Crippen LogP contribution in [0.15, 0.2) is 60.7 Å². The monoisotopic (exact) mass is 594 g/mol. The molecule has 42 heavy (non-hydrogen) atoms. The Morgan fingerprint density at radius 1 is 1.05 bits per heavy atom. The summed E-state index contributed by atoms with van der Waals surface area (Å²) >= 11 is 0. The average Bonchev–Trinajstić information content (AvgIpc) is 3.21. The van der Waals surface area contributed by atoms with Gasteiger partial charge >= 0.3 is 11.9 Å². The van der Waals surface area contributed by atoms with E-state index in [2.05, 4.69) is 19.6 Å². The summed E-state index contributed by atoms with van der Waals surface area (Å²) in [6.45, 7) is 14.8. The van der Waals surface area contributed by atoms with Crippen molar-refractivity contribution in [1.29, 1.82) is 0 Å². The molecule has 8 heteroatoms. The highest BCUT2D eigenvalue weighted by molar-refractivity contribution is 6.76. The van der Waals surface area contributed by atoms with E-state index in [4.69, 9.17) is 18.9 Å². The molecule has 1 aliphatic heterocycles. The third-order valence-corrected chi connectivity index (χ3v) is 8.59. The molecular formula is C34H46O7Si. The van der Waals surface area contributed by atoms with E-state index in [9.17, 15) is 14.7 Å². The van der Waals surface area contributed by atoms with E-state index >= 15 is 0 Å². The maximum atomic E-state index is 13.1. The molecule has 1 fully saturated rings. The molecule has 0 aromatic heterocycles. The summed E-state index contributed by atoms with van der Waals surface area (Å²) < 4.78 is 24.1. The molecule has 1 aliphatic rings. The molecule has 0 aliphatic carbocycles. The Balaban J connectivity index is 1.82. The number of aryl methyl sites for hydroxylation is 2. The van der Waals surface area contributed by atoms with Crippen molar-refractivity contribution < 1.29 is 33.6 Å². The summed E-state index contributed by atoms with van der Waals surface area (Å²) in [5, 5.41) is 9.29. The van der Waals surface area contributed by atoms with Gasteiger partial charge in [0.2, 0.25) is 0 Å². The summed E-state index contributed by atoms with van der Waals surface area (Å²) in [5.41, 5.74) is 3.71. The lowest BCUT2D eigenvalue weighted by molar-refractivity contribution is -0.152. The molecule has 0 saturated carbocycles. The van der Waals surface area contributed by atoms with Crippen LogP contribution in [-0.2, 0) is 18.9 Å². The van der Waals surface area contributed by atoms with Crippen LogP contribution < -0.4 is 0 Å². The Kier molecular flexibility index (Phi) is 11.9. The van der Waals surface area contributed by atoms with Crippen molar-refractivity contribution in [3.05, 3.63) is 88.5 Å². The Hall–Kier alpha value is -3.04. The van der Waals surface area contributed by atoms with E-state index in [1.165, 1.54) is 0 Å². The fourth-order valence-corrected chi connectivity index (χ4v) is 5.59. The van der Waals surface area contributed by atoms with Crippen molar-refractivity contribution >= 4 is 26.1 Å². The number of carbonyl (C=O) groups excluding carboxylic acids is 2. The first-order valence-corrected chi connectivity index (χ1v) is 18.3. The average molecular weight is 595 g/mol. The Morgan fingerprint density at radius 2 is 1.76 bits per heavy atom. The zero-order chi connectivity index (χ0) is 30.9. The van der Waals surface area contributed by atoms with Crippen LogP contribution in [-0.4, -0.2) is 62.4 Å². The molecular weight excluding hydrogens is 548 g/mol. The lowest BCUT2D eigenvalue weighted by Gasteiger charge is -2.24. The molecule has 228 valence electrons. The molecule has 3 rings (SSSR count). The highest BCUT2D eigenvalue weighted by Crippen LogP contribution is 2.34. The van der Waals surface area contributed by atoms with E-state index < -0.39 is 38.1 Å². The van der Waals surface area contributed by atoms with Gasteiger partial charge in [-0.2, -0.15) is 0 Å². The standard InChI is InChI=1S/C34H46O7Si/c1-24-22-25(2)30(33(37)38-20-21-42(5,6)7)27(23-24)16-13-18-29-31(41-34(3,4)40-29)28(17-11-12-19-35)39-32(36)26-14-9-8-10-15-26/h8-11,13-17,22-23,28-29,31,35H,12,18-21H2,1-7H3/b16-13+,17-11-/t28?,29-,31+/m0/s1. The van der Waals surface area contributed by atoms with Gasteiger partial charge in [-0.3, -0.25) is 0 Å². The summed E-state index contributed by atoms with van der Waals surface area (Å²) in [7, 11) is -1.33. The molecule has 0 bridgehead atoms. The number of ether oxygens (including phenoxy) is 4. The number of rotatable bonds is 13. The molecule has 1 saturated heterocycles. The number of hydrogen-bond acceptors (Lipinski definition) is 7. The second kappa shape index (κ2) is 14.9. The van der Waals surface area contributed by atoms with Gasteiger partial charge in [0.25, 0.3) is 0 Å². The highest BCUT2D eigenvalue weighted by Gasteiger charge is 2.45. The normalized spacial score (nSPS) is 19.3. The van der Waals surface area contributed by atoms with Gasteiger partial charge in [0.15, 0.2) is 5.79 Å². The second-order valence-electron chi connectivity index (χ2n) is 12.4. The number of esters is 2. The molecule has 0 radical (unpaired) electrons. The zero-order valence-electron chi connectivity index (χ0n) is 26.0. The largest absolute Gasteiger partial charge is 0.462 e. The van der Waals surface area contributed by atoms with E-state index in [-0.39, 0.29) is 12.6 Å². The number of hydrogen-bond donors (Lipinski definition) is 1. The van der Waals surface area contributed by atoms with Crippen LogP contribution in [0.4, 0.5) is 0 Å². The lowest BCUT2D eigenvalue weighted by Crippen LogP contribution is -2.37. The molecule has 1 unspecified atom stereocenters. The van der Waals surface area contributed by atoms with Gasteiger partial charge in [0.1, 0.15) is 12.2 Å². The van der Waals surface area contributed by atoms with Crippen molar-refractivity contribution in [2.24, 2.45) is 0 Å². The SMILES string of the molecule is Cc1cc(C)c(C(=O)OCC[Si](C)(C)C)c(/C=C/C[C@@H]2OC(C)(C)O[C@@H]2C(/C=C\CCO)OC(=O)c2ccccc2)c1. The summed E-state index contributed by atoms with van der Waals surface area (Å²) in [4.78, 5) is 26.1. The first-order chi connectivity index (χ1) is 19.8. The van der Waals surface area contributed by atoms with Crippen LogP contribution in [0.2, 0.25) is 25.7 Å². The molecule has 2 aromatic rings. The van der Waals surface area contributed by atoms with Gasteiger partial charge in [-0.15, -0.1) is 0 Å². The first kappa shape index (κ1) is 33.5. The van der Waals surface area contributed by atoms with Crippen LogP contribution in [0.25, 0.3) is 6.08 Å². The third-order valence-electron chi connectivity index (χ3n) is 6.88. The van der Waals surface area contributed by atoms with Crippen molar-refractivity contribution in [3.63, 3.8) is 0 Å². The Morgan fingerprint density at radius 3 is 2.43 bits per heavy atom. The molecule has 0 amide bonds. The molecule has 2 aromatic carbocycles. The summed E-state index contributed by atoms with van der Waals surface area (Å²) in [5.74, 6) is -1.67. The van der Waals surface area contributed by atoms with Gasteiger partial charge < -0.3 is 24.1 Å². The third kappa shape index (κ3) is 10.0. The zero-order valence-corrected chi connectivity index (χ0v) is 27.0. The fourth-order valence-electron chi connectivity index (χ4n) is 4.87. The minimum absolute atomic E-state index is 0.0195. The predicted octanol–water partition coefficient (Wildman–Crippen LogP) is 6.89. The van der Waals surface area contributed by atoms with Crippen LogP contribution in [0.5, 0.6) is 0 Å². The fraction of sp³-hybridized carbons (Fsp3) is 0.471. The van der Waals surface area contributed by atoms with Gasteiger partial charge in [0.05, 0.1) is 23.8 Å². The number of aliphatic hydroxyl groups excluding tert-OH is 1. The second-order valence-corrected chi connectivity index (χ2v) is 18.1. The topological polar surface area (TPSA) is 91.3 Å². The van der Waals surface area contributed by atoms with Crippen LogP contribution >= 0.6 is 0 Å². The van der Waals surface area contributed by atoms with Crippen LogP contribution in [0.1, 0.15) is 64.1 Å².